The fourth-order valence-corrected chi connectivity index (χ4v) is 2.58. The molecule has 0 aromatic carbocycles. The number of aliphatic hydroxyl groups is 3. The molecule has 0 aliphatic carbocycles. The van der Waals surface area contributed by atoms with Crippen LogP contribution in [0.5, 0.6) is 0 Å². The zero-order valence-electron chi connectivity index (χ0n) is 10.7. The molecule has 0 aromatic rings. The van der Waals surface area contributed by atoms with E-state index >= 15 is 0 Å². The molecule has 3 aliphatic heterocycles. The van der Waals surface area contributed by atoms with E-state index < -0.39 is 37.2 Å². The van der Waals surface area contributed by atoms with Crippen molar-refractivity contribution in [3.63, 3.8) is 0 Å². The first-order valence-electron chi connectivity index (χ1n) is 5.93. The minimum atomic E-state index is -1.21. The Bertz CT molecular complexity index is 538. The van der Waals surface area contributed by atoms with Crippen LogP contribution in [0.2, 0.25) is 0 Å². The quantitative estimate of drug-likeness (QED) is 0.381. The standard InChI is InChI=1S/C10H13N5O4S.H2O/c11-10-13-7-4(8(20)14-10)12-2-15(7)9-6(18)5(17)3(1-16)19-9;/h2-6,9,16-18H,1H2,(H2,11,14,20);1H2/t3-,4?,5-,6-,9-;/m1./s1. The van der Waals surface area contributed by atoms with Crippen molar-refractivity contribution in [3.05, 3.63) is 0 Å². The number of amidine groups is 1. The summed E-state index contributed by atoms with van der Waals surface area (Å²) < 4.78 is 5.42. The first-order valence-corrected chi connectivity index (χ1v) is 6.34. The summed E-state index contributed by atoms with van der Waals surface area (Å²) in [6.07, 6.45) is -2.79. The van der Waals surface area contributed by atoms with Gasteiger partial charge in [-0.2, -0.15) is 4.99 Å². The SMILES string of the molecule is NC1=NC(=S)C2N=CN([C@@H]3O[C@H](CO)[C@@H](O)[C@H]3O)C2=N1.O. The molecular formula is C10H15N5O5S. The average molecular weight is 317 g/mol. The van der Waals surface area contributed by atoms with Gasteiger partial charge in [-0.25, -0.2) is 4.99 Å². The summed E-state index contributed by atoms with van der Waals surface area (Å²) in [7, 11) is 0. The summed E-state index contributed by atoms with van der Waals surface area (Å²) in [6.45, 7) is -0.405. The lowest BCUT2D eigenvalue weighted by Crippen LogP contribution is -2.49. The molecule has 1 unspecified atom stereocenters. The van der Waals surface area contributed by atoms with E-state index in [4.69, 9.17) is 27.8 Å². The van der Waals surface area contributed by atoms with Gasteiger partial charge in [0.2, 0.25) is 5.96 Å². The smallest absolute Gasteiger partial charge is 0.222 e. The van der Waals surface area contributed by atoms with E-state index in [0.717, 1.165) is 0 Å². The van der Waals surface area contributed by atoms with E-state index in [1.54, 1.807) is 0 Å². The van der Waals surface area contributed by atoms with Crippen LogP contribution in [0.4, 0.5) is 0 Å². The highest BCUT2D eigenvalue weighted by atomic mass is 32.1. The molecule has 0 saturated carbocycles. The Morgan fingerprint density at radius 3 is 2.67 bits per heavy atom. The maximum absolute atomic E-state index is 10.0. The van der Waals surface area contributed by atoms with Crippen molar-refractivity contribution in [1.29, 1.82) is 0 Å². The second-order valence-corrected chi connectivity index (χ2v) is 5.00. The molecule has 21 heavy (non-hydrogen) atoms. The van der Waals surface area contributed by atoms with Gasteiger partial charge in [0.25, 0.3) is 0 Å². The second-order valence-electron chi connectivity index (χ2n) is 4.58. The molecule has 5 atom stereocenters. The van der Waals surface area contributed by atoms with Crippen molar-refractivity contribution in [2.24, 2.45) is 20.7 Å². The van der Waals surface area contributed by atoms with E-state index in [1.165, 1.54) is 11.2 Å². The zero-order valence-corrected chi connectivity index (χ0v) is 11.5. The lowest BCUT2D eigenvalue weighted by atomic mass is 10.1. The lowest BCUT2D eigenvalue weighted by molar-refractivity contribution is -0.0509. The van der Waals surface area contributed by atoms with Crippen LogP contribution < -0.4 is 5.73 Å². The molecule has 3 aliphatic rings. The number of hydrogen-bond acceptors (Lipinski definition) is 9. The Hall–Kier alpha value is -1.50. The Labute approximate surface area is 124 Å². The number of ether oxygens (including phenoxy) is 1. The van der Waals surface area contributed by atoms with Crippen molar-refractivity contribution in [3.8, 4) is 0 Å². The number of rotatable bonds is 2. The number of aliphatic imine (C=N–C) groups is 3. The van der Waals surface area contributed by atoms with Gasteiger partial charge < -0.3 is 31.3 Å². The van der Waals surface area contributed by atoms with Gasteiger partial charge in [0, 0.05) is 0 Å². The molecule has 0 aromatic heterocycles. The molecule has 3 heterocycles. The van der Waals surface area contributed by atoms with Gasteiger partial charge in [-0.05, 0) is 0 Å². The largest absolute Gasteiger partial charge is 0.412 e. The maximum atomic E-state index is 10.0. The van der Waals surface area contributed by atoms with Crippen LogP contribution in [-0.4, -0.2) is 86.0 Å². The molecule has 3 rings (SSSR count). The van der Waals surface area contributed by atoms with Gasteiger partial charge in [-0.3, -0.25) is 9.89 Å². The van der Waals surface area contributed by atoms with Crippen molar-refractivity contribution < 1.29 is 25.5 Å². The normalized spacial score (nSPS) is 38.0. The molecule has 0 bridgehead atoms. The highest BCUT2D eigenvalue weighted by Crippen LogP contribution is 2.27. The van der Waals surface area contributed by atoms with Crippen LogP contribution in [0, 0.1) is 0 Å². The van der Waals surface area contributed by atoms with Crippen LogP contribution in [0.25, 0.3) is 0 Å². The molecule has 116 valence electrons. The maximum Gasteiger partial charge on any atom is 0.222 e. The van der Waals surface area contributed by atoms with Gasteiger partial charge in [0.15, 0.2) is 12.3 Å². The lowest BCUT2D eigenvalue weighted by Gasteiger charge is -2.27. The third kappa shape index (κ3) is 2.43. The number of fused-ring (bicyclic) bond motifs is 1. The van der Waals surface area contributed by atoms with E-state index in [9.17, 15) is 10.2 Å². The fraction of sp³-hybridized carbons (Fsp3) is 0.600. The number of thiocarbonyl (C=S) groups is 1. The van der Waals surface area contributed by atoms with Crippen LogP contribution in [-0.2, 0) is 4.74 Å². The van der Waals surface area contributed by atoms with Gasteiger partial charge in [0.1, 0.15) is 29.1 Å². The van der Waals surface area contributed by atoms with Crippen molar-refractivity contribution in [1.82, 2.24) is 4.90 Å². The molecule has 0 spiro atoms. The summed E-state index contributed by atoms with van der Waals surface area (Å²) in [4.78, 5) is 13.8. The molecule has 1 fully saturated rings. The van der Waals surface area contributed by atoms with Crippen molar-refractivity contribution >= 4 is 35.3 Å². The predicted octanol–water partition coefficient (Wildman–Crippen LogP) is -3.63. The zero-order chi connectivity index (χ0) is 14.4. The van der Waals surface area contributed by atoms with Gasteiger partial charge in [-0.1, -0.05) is 12.2 Å². The molecule has 0 amide bonds. The summed E-state index contributed by atoms with van der Waals surface area (Å²) in [5, 5.41) is 28.9. The minimum Gasteiger partial charge on any atom is -0.412 e. The number of guanidine groups is 1. The molecule has 10 nitrogen and oxygen atoms in total. The Morgan fingerprint density at radius 2 is 2.05 bits per heavy atom. The fourth-order valence-electron chi connectivity index (χ4n) is 2.32. The first kappa shape index (κ1) is 15.9. The average Bonchev–Trinajstić information content (AvgIpc) is 2.93. The third-order valence-electron chi connectivity index (χ3n) is 3.33. The summed E-state index contributed by atoms with van der Waals surface area (Å²) in [6, 6.07) is -0.543. The van der Waals surface area contributed by atoms with E-state index in [-0.39, 0.29) is 16.4 Å². The van der Waals surface area contributed by atoms with E-state index in [1.807, 2.05) is 0 Å². The number of nitrogens with zero attached hydrogens (tertiary/aromatic N) is 4. The highest BCUT2D eigenvalue weighted by Gasteiger charge is 2.48. The van der Waals surface area contributed by atoms with Crippen LogP contribution >= 0.6 is 12.2 Å². The second kappa shape index (κ2) is 5.71. The van der Waals surface area contributed by atoms with E-state index in [2.05, 4.69) is 15.0 Å². The first-order chi connectivity index (χ1) is 9.52. The van der Waals surface area contributed by atoms with Crippen molar-refractivity contribution in [2.45, 2.75) is 30.6 Å². The van der Waals surface area contributed by atoms with Gasteiger partial charge in [-0.15, -0.1) is 0 Å². The summed E-state index contributed by atoms with van der Waals surface area (Å²) in [5.74, 6) is 0.390. The highest BCUT2D eigenvalue weighted by molar-refractivity contribution is 7.80. The topological polar surface area (TPSA) is 168 Å². The third-order valence-corrected chi connectivity index (χ3v) is 3.64. The monoisotopic (exact) mass is 317 g/mol. The van der Waals surface area contributed by atoms with Crippen molar-refractivity contribution in [2.75, 3.05) is 6.61 Å². The van der Waals surface area contributed by atoms with Gasteiger partial charge >= 0.3 is 0 Å². The number of aliphatic hydroxyl groups excluding tert-OH is 3. The molecular weight excluding hydrogens is 302 g/mol. The van der Waals surface area contributed by atoms with Crippen LogP contribution in [0.3, 0.4) is 0 Å². The minimum absolute atomic E-state index is 0. The Balaban J connectivity index is 0.00000161. The Morgan fingerprint density at radius 1 is 1.33 bits per heavy atom. The van der Waals surface area contributed by atoms with Crippen LogP contribution in [0.15, 0.2) is 15.0 Å². The number of nitrogens with two attached hydrogens (primary N) is 1. The molecule has 0 radical (unpaired) electrons. The summed E-state index contributed by atoms with van der Waals surface area (Å²) in [5.41, 5.74) is 5.56. The predicted molar refractivity (Wildman–Crippen MR) is 77.1 cm³/mol. The van der Waals surface area contributed by atoms with Crippen LogP contribution in [0.1, 0.15) is 0 Å². The summed E-state index contributed by atoms with van der Waals surface area (Å²) >= 11 is 5.07. The van der Waals surface area contributed by atoms with E-state index in [0.29, 0.717) is 5.84 Å². The Kier molecular flexibility index (Phi) is 4.32. The molecule has 11 heteroatoms. The number of hydrogen-bond donors (Lipinski definition) is 4. The molecule has 1 saturated heterocycles. The van der Waals surface area contributed by atoms with Gasteiger partial charge in [0.05, 0.1) is 12.9 Å². The molecule has 7 N–H and O–H groups in total.